The van der Waals surface area contributed by atoms with Crippen LogP contribution in [0, 0.1) is 0 Å². The number of primary amides is 1. The third-order valence-corrected chi connectivity index (χ3v) is 1.79. The molecule has 0 atom stereocenters. The molecule has 1 amide bonds. The van der Waals surface area contributed by atoms with E-state index in [0.717, 1.165) is 0 Å². The lowest BCUT2D eigenvalue weighted by atomic mass is 10.4. The summed E-state index contributed by atoms with van der Waals surface area (Å²) in [5.41, 5.74) is 4.96. The fourth-order valence-corrected chi connectivity index (χ4v) is 1.13. The number of nitrogens with zero attached hydrogens (tertiary/aromatic N) is 2. The van der Waals surface area contributed by atoms with Gasteiger partial charge >= 0.3 is 0 Å². The smallest absolute Gasteiger partial charge is 0.241 e. The maximum Gasteiger partial charge on any atom is 0.241 e. The van der Waals surface area contributed by atoms with E-state index >= 15 is 0 Å². The van der Waals surface area contributed by atoms with Crippen molar-refractivity contribution in [1.82, 2.24) is 15.5 Å². The van der Waals surface area contributed by atoms with Crippen LogP contribution in [0.4, 0.5) is 0 Å². The fraction of sp³-hybridized carbons (Fsp3) is 0.222. The highest BCUT2D eigenvalue weighted by Crippen LogP contribution is 2.15. The van der Waals surface area contributed by atoms with E-state index in [2.05, 4.69) is 15.5 Å². The maximum atomic E-state index is 10.5. The average molecular weight is 222 g/mol. The first kappa shape index (κ1) is 10.4. The van der Waals surface area contributed by atoms with Gasteiger partial charge in [-0.1, -0.05) is 5.16 Å². The largest absolute Gasteiger partial charge is 0.461 e. The van der Waals surface area contributed by atoms with E-state index in [1.807, 2.05) is 0 Å². The van der Waals surface area contributed by atoms with Gasteiger partial charge in [-0.2, -0.15) is 4.98 Å². The number of carbonyl (C=O) groups excluding carboxylic acids is 1. The van der Waals surface area contributed by atoms with Gasteiger partial charge in [-0.25, -0.2) is 0 Å². The Kier molecular flexibility index (Phi) is 2.97. The normalized spacial score (nSPS) is 10.5. The molecule has 84 valence electrons. The molecule has 2 aromatic rings. The van der Waals surface area contributed by atoms with Gasteiger partial charge in [0.2, 0.25) is 17.6 Å². The number of amides is 1. The monoisotopic (exact) mass is 222 g/mol. The summed E-state index contributed by atoms with van der Waals surface area (Å²) in [6.07, 6.45) is 1.52. The zero-order valence-electron chi connectivity index (χ0n) is 8.34. The molecule has 0 aliphatic rings. The Morgan fingerprint density at radius 3 is 3.12 bits per heavy atom. The molecule has 0 fully saturated rings. The Bertz CT molecular complexity index is 463. The number of aromatic nitrogens is 2. The van der Waals surface area contributed by atoms with Crippen LogP contribution in [0.25, 0.3) is 11.6 Å². The lowest BCUT2D eigenvalue weighted by molar-refractivity contribution is -0.117. The highest BCUT2D eigenvalue weighted by molar-refractivity contribution is 5.75. The van der Waals surface area contributed by atoms with Crippen LogP contribution in [0.3, 0.4) is 0 Å². The molecule has 7 heteroatoms. The Balaban J connectivity index is 1.95. The molecule has 0 aliphatic heterocycles. The lowest BCUT2D eigenvalue weighted by Crippen LogP contribution is -2.28. The molecular weight excluding hydrogens is 212 g/mol. The summed E-state index contributed by atoms with van der Waals surface area (Å²) in [6, 6.07) is 3.46. The Morgan fingerprint density at radius 2 is 2.44 bits per heavy atom. The number of furan rings is 1. The molecule has 2 aromatic heterocycles. The van der Waals surface area contributed by atoms with E-state index in [1.54, 1.807) is 12.1 Å². The van der Waals surface area contributed by atoms with E-state index < -0.39 is 5.91 Å². The van der Waals surface area contributed by atoms with Gasteiger partial charge < -0.3 is 14.7 Å². The van der Waals surface area contributed by atoms with E-state index in [0.29, 0.717) is 17.5 Å². The minimum absolute atomic E-state index is 0.0679. The lowest BCUT2D eigenvalue weighted by Gasteiger charge is -1.95. The van der Waals surface area contributed by atoms with Crippen molar-refractivity contribution in [1.29, 1.82) is 0 Å². The van der Waals surface area contributed by atoms with Crippen molar-refractivity contribution in [3.05, 3.63) is 24.3 Å². The second-order valence-electron chi connectivity index (χ2n) is 3.06. The summed E-state index contributed by atoms with van der Waals surface area (Å²) in [5.74, 6) is 0.837. The third-order valence-electron chi connectivity index (χ3n) is 1.79. The standard InChI is InChI=1S/C9H10N4O3/c10-7(14)4-11-5-8-12-9(13-16-8)6-2-1-3-15-6/h1-3,11H,4-5H2,(H2,10,14). The highest BCUT2D eigenvalue weighted by atomic mass is 16.5. The third kappa shape index (κ3) is 2.45. The zero-order valence-corrected chi connectivity index (χ0v) is 8.34. The average Bonchev–Trinajstić information content (AvgIpc) is 2.85. The van der Waals surface area contributed by atoms with E-state index in [-0.39, 0.29) is 13.1 Å². The summed E-state index contributed by atoms with van der Waals surface area (Å²) >= 11 is 0. The van der Waals surface area contributed by atoms with Crippen molar-refractivity contribution in [2.75, 3.05) is 6.54 Å². The summed E-state index contributed by atoms with van der Waals surface area (Å²) in [7, 11) is 0. The molecule has 0 aromatic carbocycles. The summed E-state index contributed by atoms with van der Waals surface area (Å²) < 4.78 is 10.0. The van der Waals surface area contributed by atoms with Crippen molar-refractivity contribution >= 4 is 5.91 Å². The number of hydrogen-bond donors (Lipinski definition) is 2. The van der Waals surface area contributed by atoms with Crippen molar-refractivity contribution in [3.63, 3.8) is 0 Å². The van der Waals surface area contributed by atoms with Gasteiger partial charge in [-0.05, 0) is 12.1 Å². The molecule has 0 unspecified atom stereocenters. The van der Waals surface area contributed by atoms with Gasteiger partial charge in [0.05, 0.1) is 19.4 Å². The summed E-state index contributed by atoms with van der Waals surface area (Å²) in [5, 5.41) is 6.48. The molecule has 0 spiro atoms. The number of nitrogens with two attached hydrogens (primary N) is 1. The van der Waals surface area contributed by atoms with E-state index in [9.17, 15) is 4.79 Å². The molecule has 0 radical (unpaired) electrons. The molecule has 2 rings (SSSR count). The van der Waals surface area contributed by atoms with Crippen LogP contribution in [-0.4, -0.2) is 22.6 Å². The molecule has 0 saturated heterocycles. The van der Waals surface area contributed by atoms with Crippen LogP contribution < -0.4 is 11.1 Å². The molecular formula is C9H10N4O3. The second kappa shape index (κ2) is 4.58. The van der Waals surface area contributed by atoms with E-state index in [1.165, 1.54) is 6.26 Å². The SMILES string of the molecule is NC(=O)CNCc1nc(-c2ccco2)no1. The first-order valence-corrected chi connectivity index (χ1v) is 4.61. The van der Waals surface area contributed by atoms with Gasteiger partial charge in [0.1, 0.15) is 0 Å². The Morgan fingerprint density at radius 1 is 1.56 bits per heavy atom. The fourth-order valence-electron chi connectivity index (χ4n) is 1.13. The molecule has 3 N–H and O–H groups in total. The van der Waals surface area contributed by atoms with Gasteiger partial charge in [-0.3, -0.25) is 10.1 Å². The second-order valence-corrected chi connectivity index (χ2v) is 3.06. The minimum atomic E-state index is -0.439. The molecule has 0 aliphatic carbocycles. The number of nitrogens with one attached hydrogen (secondary N) is 1. The van der Waals surface area contributed by atoms with Crippen molar-refractivity contribution in [3.8, 4) is 11.6 Å². The minimum Gasteiger partial charge on any atom is -0.461 e. The zero-order chi connectivity index (χ0) is 11.4. The van der Waals surface area contributed by atoms with Crippen LogP contribution in [-0.2, 0) is 11.3 Å². The first-order chi connectivity index (χ1) is 7.75. The van der Waals surface area contributed by atoms with Crippen molar-refractivity contribution in [2.24, 2.45) is 5.73 Å². The maximum absolute atomic E-state index is 10.5. The first-order valence-electron chi connectivity index (χ1n) is 4.61. The van der Waals surface area contributed by atoms with Crippen molar-refractivity contribution in [2.45, 2.75) is 6.54 Å². The number of hydrogen-bond acceptors (Lipinski definition) is 6. The van der Waals surface area contributed by atoms with Crippen LogP contribution in [0.15, 0.2) is 27.3 Å². The van der Waals surface area contributed by atoms with Crippen molar-refractivity contribution < 1.29 is 13.7 Å². The van der Waals surface area contributed by atoms with Gasteiger partial charge in [0.15, 0.2) is 5.76 Å². The predicted octanol–water partition coefficient (Wildman–Crippen LogP) is -0.0955. The van der Waals surface area contributed by atoms with Gasteiger partial charge in [-0.15, -0.1) is 0 Å². The predicted molar refractivity (Wildman–Crippen MR) is 52.9 cm³/mol. The topological polar surface area (TPSA) is 107 Å². The molecule has 0 saturated carbocycles. The summed E-state index contributed by atoms with van der Waals surface area (Å²) in [4.78, 5) is 14.5. The van der Waals surface area contributed by atoms with Crippen LogP contribution in [0.1, 0.15) is 5.89 Å². The number of rotatable bonds is 5. The van der Waals surface area contributed by atoms with Crippen LogP contribution >= 0.6 is 0 Å². The Labute approximate surface area is 90.6 Å². The Hall–Kier alpha value is -2.15. The quantitative estimate of drug-likeness (QED) is 0.731. The highest BCUT2D eigenvalue weighted by Gasteiger charge is 2.10. The van der Waals surface area contributed by atoms with Crippen LogP contribution in [0.2, 0.25) is 0 Å². The molecule has 0 bridgehead atoms. The van der Waals surface area contributed by atoms with Gasteiger partial charge in [0, 0.05) is 0 Å². The number of carbonyl (C=O) groups is 1. The molecule has 16 heavy (non-hydrogen) atoms. The summed E-state index contributed by atoms with van der Waals surface area (Å²) in [6.45, 7) is 0.356. The van der Waals surface area contributed by atoms with Gasteiger partial charge in [0.25, 0.3) is 0 Å². The van der Waals surface area contributed by atoms with E-state index in [4.69, 9.17) is 14.7 Å². The van der Waals surface area contributed by atoms with Crippen LogP contribution in [0.5, 0.6) is 0 Å². The molecule has 2 heterocycles. The molecule has 7 nitrogen and oxygen atoms in total.